The minimum Gasteiger partial charge on any atom is -0.379 e. The van der Waals surface area contributed by atoms with Crippen LogP contribution in [0.4, 0.5) is 4.79 Å². The van der Waals surface area contributed by atoms with E-state index in [1.54, 1.807) is 0 Å². The first-order chi connectivity index (χ1) is 14.8. The number of rotatable bonds is 16. The van der Waals surface area contributed by atoms with Crippen molar-refractivity contribution < 1.29 is 14.3 Å². The maximum Gasteiger partial charge on any atom is 0.314 e. The van der Waals surface area contributed by atoms with Crippen molar-refractivity contribution in [3.8, 4) is 0 Å². The molecule has 0 radical (unpaired) electrons. The summed E-state index contributed by atoms with van der Waals surface area (Å²) >= 11 is 0. The second-order valence-corrected chi connectivity index (χ2v) is 8.00. The van der Waals surface area contributed by atoms with Crippen LogP contribution in [0.5, 0.6) is 0 Å². The number of ether oxygens (including phenoxy) is 2. The quantitative estimate of drug-likeness (QED) is 0.251. The predicted octanol–water partition coefficient (Wildman–Crippen LogP) is -0.310. The molecule has 0 aromatic rings. The Morgan fingerprint density at radius 3 is 1.43 bits per heavy atom. The molecule has 2 fully saturated rings. The minimum absolute atomic E-state index is 0.0605. The lowest BCUT2D eigenvalue weighted by Crippen LogP contribution is -2.39. The molecule has 0 aliphatic carbocycles. The summed E-state index contributed by atoms with van der Waals surface area (Å²) < 4.78 is 10.7. The maximum atomic E-state index is 11.8. The lowest BCUT2D eigenvalue weighted by molar-refractivity contribution is 0.0374. The largest absolute Gasteiger partial charge is 0.379 e. The van der Waals surface area contributed by atoms with Crippen LogP contribution < -0.4 is 21.3 Å². The van der Waals surface area contributed by atoms with Crippen molar-refractivity contribution >= 4 is 6.03 Å². The molecule has 2 rings (SSSR count). The molecule has 0 unspecified atom stereocenters. The standard InChI is InChI=1S/C21H44N6O3/c28-21(24-9-1-5-22-7-3-11-26-13-17-29-18-14-26)25-10-2-6-23-8-4-12-27-15-19-30-20-16-27/h22-23H,1-20H2,(H2,24,25,28). The summed E-state index contributed by atoms with van der Waals surface area (Å²) in [5, 5.41) is 12.7. The van der Waals surface area contributed by atoms with E-state index in [1.807, 2.05) is 0 Å². The number of amides is 2. The molecule has 9 nitrogen and oxygen atoms in total. The first-order valence-electron chi connectivity index (χ1n) is 11.9. The highest BCUT2D eigenvalue weighted by Gasteiger charge is 2.09. The van der Waals surface area contributed by atoms with Gasteiger partial charge in [-0.05, 0) is 65.0 Å². The highest BCUT2D eigenvalue weighted by molar-refractivity contribution is 5.73. The van der Waals surface area contributed by atoms with Gasteiger partial charge in [0.1, 0.15) is 0 Å². The van der Waals surface area contributed by atoms with Crippen LogP contribution in [0.25, 0.3) is 0 Å². The van der Waals surface area contributed by atoms with Gasteiger partial charge < -0.3 is 30.7 Å². The number of urea groups is 1. The number of hydrogen-bond acceptors (Lipinski definition) is 7. The lowest BCUT2D eigenvalue weighted by Gasteiger charge is -2.26. The fourth-order valence-corrected chi connectivity index (χ4v) is 3.65. The smallest absolute Gasteiger partial charge is 0.314 e. The minimum atomic E-state index is -0.0605. The highest BCUT2D eigenvalue weighted by Crippen LogP contribution is 1.98. The number of morpholine rings is 2. The van der Waals surface area contributed by atoms with E-state index in [0.717, 1.165) is 118 Å². The van der Waals surface area contributed by atoms with Gasteiger partial charge in [-0.3, -0.25) is 9.80 Å². The van der Waals surface area contributed by atoms with Gasteiger partial charge in [-0.2, -0.15) is 0 Å². The molecule has 176 valence electrons. The average molecular weight is 429 g/mol. The summed E-state index contributed by atoms with van der Waals surface area (Å²) in [5.74, 6) is 0. The van der Waals surface area contributed by atoms with E-state index in [2.05, 4.69) is 31.1 Å². The molecule has 4 N–H and O–H groups in total. The molecule has 0 aromatic carbocycles. The van der Waals surface area contributed by atoms with Crippen molar-refractivity contribution in [2.45, 2.75) is 25.7 Å². The van der Waals surface area contributed by atoms with Gasteiger partial charge in [-0.15, -0.1) is 0 Å². The van der Waals surface area contributed by atoms with Crippen LogP contribution in [-0.4, -0.2) is 121 Å². The zero-order chi connectivity index (χ0) is 21.1. The normalized spacial score (nSPS) is 18.4. The van der Waals surface area contributed by atoms with E-state index >= 15 is 0 Å². The van der Waals surface area contributed by atoms with Gasteiger partial charge >= 0.3 is 6.03 Å². The van der Waals surface area contributed by atoms with E-state index < -0.39 is 0 Å². The van der Waals surface area contributed by atoms with E-state index in [4.69, 9.17) is 9.47 Å². The summed E-state index contributed by atoms with van der Waals surface area (Å²) in [4.78, 5) is 16.7. The second-order valence-electron chi connectivity index (χ2n) is 8.00. The van der Waals surface area contributed by atoms with Gasteiger partial charge in [0, 0.05) is 39.3 Å². The molecular formula is C21H44N6O3. The van der Waals surface area contributed by atoms with Crippen LogP contribution in [0, 0.1) is 0 Å². The molecule has 0 saturated carbocycles. The van der Waals surface area contributed by atoms with Gasteiger partial charge in [0.25, 0.3) is 0 Å². The molecule has 30 heavy (non-hydrogen) atoms. The molecule has 9 heteroatoms. The number of nitrogens with one attached hydrogen (secondary N) is 4. The van der Waals surface area contributed by atoms with Gasteiger partial charge in [-0.1, -0.05) is 0 Å². The molecule has 2 amide bonds. The van der Waals surface area contributed by atoms with Gasteiger partial charge in [0.15, 0.2) is 0 Å². The fourth-order valence-electron chi connectivity index (χ4n) is 3.65. The zero-order valence-electron chi connectivity index (χ0n) is 18.8. The van der Waals surface area contributed by atoms with Crippen LogP contribution in [0.2, 0.25) is 0 Å². The first kappa shape index (κ1) is 25.3. The summed E-state index contributed by atoms with van der Waals surface area (Å²) in [7, 11) is 0. The third-order valence-electron chi connectivity index (χ3n) is 5.49. The zero-order valence-corrected chi connectivity index (χ0v) is 18.8. The molecule has 0 atom stereocenters. The molecule has 2 aliphatic rings. The molecule has 2 saturated heterocycles. The Morgan fingerprint density at radius 2 is 1.00 bits per heavy atom. The van der Waals surface area contributed by atoms with Crippen LogP contribution in [0.3, 0.4) is 0 Å². The lowest BCUT2D eigenvalue weighted by atomic mass is 10.3. The van der Waals surface area contributed by atoms with Gasteiger partial charge in [0.05, 0.1) is 26.4 Å². The Kier molecular flexibility index (Phi) is 14.9. The topological polar surface area (TPSA) is 90.1 Å². The number of nitrogens with zero attached hydrogens (tertiary/aromatic N) is 2. The van der Waals surface area contributed by atoms with Crippen LogP contribution >= 0.6 is 0 Å². The second kappa shape index (κ2) is 17.7. The van der Waals surface area contributed by atoms with E-state index in [0.29, 0.717) is 13.1 Å². The molecule has 0 spiro atoms. The summed E-state index contributed by atoms with van der Waals surface area (Å²) in [6, 6.07) is -0.0605. The van der Waals surface area contributed by atoms with Crippen LogP contribution in [-0.2, 0) is 9.47 Å². The Bertz CT molecular complexity index is 382. The predicted molar refractivity (Wildman–Crippen MR) is 120 cm³/mol. The van der Waals surface area contributed by atoms with Crippen molar-refractivity contribution in [3.63, 3.8) is 0 Å². The highest BCUT2D eigenvalue weighted by atomic mass is 16.5. The Morgan fingerprint density at radius 1 is 0.600 bits per heavy atom. The molecule has 0 aromatic heterocycles. The van der Waals surface area contributed by atoms with Gasteiger partial charge in [-0.25, -0.2) is 4.79 Å². The molecule has 2 heterocycles. The van der Waals surface area contributed by atoms with Crippen LogP contribution in [0.1, 0.15) is 25.7 Å². The van der Waals surface area contributed by atoms with Crippen molar-refractivity contribution in [2.75, 3.05) is 105 Å². The summed E-state index contributed by atoms with van der Waals surface area (Å²) in [6.07, 6.45) is 4.23. The van der Waals surface area contributed by atoms with Crippen molar-refractivity contribution in [1.29, 1.82) is 0 Å². The van der Waals surface area contributed by atoms with E-state index in [9.17, 15) is 4.79 Å². The molecule has 2 aliphatic heterocycles. The van der Waals surface area contributed by atoms with Gasteiger partial charge in [0.2, 0.25) is 0 Å². The number of hydrogen-bond donors (Lipinski definition) is 4. The summed E-state index contributed by atoms with van der Waals surface area (Å²) in [5.41, 5.74) is 0. The Hall–Kier alpha value is -0.970. The monoisotopic (exact) mass is 428 g/mol. The maximum absolute atomic E-state index is 11.8. The fraction of sp³-hybridized carbons (Fsp3) is 0.952. The SMILES string of the molecule is O=C(NCCCNCCCN1CCOCC1)NCCCNCCCN1CCOCC1. The number of carbonyl (C=O) groups is 1. The Labute approximate surface area is 182 Å². The third kappa shape index (κ3) is 13.4. The molecular weight excluding hydrogens is 384 g/mol. The molecule has 0 bridgehead atoms. The average Bonchev–Trinajstić information content (AvgIpc) is 2.79. The van der Waals surface area contributed by atoms with Crippen LogP contribution in [0.15, 0.2) is 0 Å². The Balaban J connectivity index is 1.25. The van der Waals surface area contributed by atoms with Crippen molar-refractivity contribution in [3.05, 3.63) is 0 Å². The summed E-state index contributed by atoms with van der Waals surface area (Å²) in [6.45, 7) is 15.4. The first-order valence-corrected chi connectivity index (χ1v) is 11.9. The van der Waals surface area contributed by atoms with E-state index in [1.165, 1.54) is 0 Å². The third-order valence-corrected chi connectivity index (χ3v) is 5.49. The number of carbonyl (C=O) groups excluding carboxylic acids is 1. The van der Waals surface area contributed by atoms with Crippen molar-refractivity contribution in [1.82, 2.24) is 31.1 Å². The van der Waals surface area contributed by atoms with E-state index in [-0.39, 0.29) is 6.03 Å². The van der Waals surface area contributed by atoms with Crippen molar-refractivity contribution in [2.24, 2.45) is 0 Å².